The van der Waals surface area contributed by atoms with Crippen LogP contribution in [0.3, 0.4) is 0 Å². The molecule has 0 bridgehead atoms. The Bertz CT molecular complexity index is 523. The van der Waals surface area contributed by atoms with Crippen molar-refractivity contribution >= 4 is 11.9 Å². The van der Waals surface area contributed by atoms with E-state index in [-0.39, 0.29) is 18.0 Å². The standard InChI is InChI=1S/C12H14N2O4/c15-10-5-1-2-6-13(10)8-11(16)14-7-3-4-9(14)12(17)18/h1-2,5-6,9H,3-4,7-8H2,(H,17,18)/t9-/m0/s1. The number of nitrogens with zero attached hydrogens (tertiary/aromatic N) is 2. The highest BCUT2D eigenvalue weighted by Gasteiger charge is 2.33. The summed E-state index contributed by atoms with van der Waals surface area (Å²) in [5.74, 6) is -1.31. The van der Waals surface area contributed by atoms with Crippen molar-refractivity contribution in [2.75, 3.05) is 6.54 Å². The second-order valence-corrected chi connectivity index (χ2v) is 4.25. The lowest BCUT2D eigenvalue weighted by Crippen LogP contribution is -2.43. The first-order chi connectivity index (χ1) is 8.59. The number of hydrogen-bond donors (Lipinski definition) is 1. The van der Waals surface area contributed by atoms with E-state index in [0.29, 0.717) is 19.4 Å². The number of rotatable bonds is 3. The molecule has 18 heavy (non-hydrogen) atoms. The lowest BCUT2D eigenvalue weighted by molar-refractivity contribution is -0.148. The summed E-state index contributed by atoms with van der Waals surface area (Å²) in [6.45, 7) is 0.334. The molecule has 0 unspecified atom stereocenters. The minimum atomic E-state index is -0.985. The molecule has 96 valence electrons. The van der Waals surface area contributed by atoms with Crippen molar-refractivity contribution < 1.29 is 14.7 Å². The third kappa shape index (κ3) is 2.42. The minimum absolute atomic E-state index is 0.108. The number of carboxylic acid groups (broad SMARTS) is 1. The van der Waals surface area contributed by atoms with Crippen LogP contribution in [0, 0.1) is 0 Å². The maximum absolute atomic E-state index is 12.0. The maximum Gasteiger partial charge on any atom is 0.326 e. The number of carbonyl (C=O) groups excluding carboxylic acids is 1. The normalized spacial score (nSPS) is 18.9. The molecule has 1 fully saturated rings. The number of hydrogen-bond acceptors (Lipinski definition) is 3. The van der Waals surface area contributed by atoms with Gasteiger partial charge in [-0.2, -0.15) is 0 Å². The summed E-state index contributed by atoms with van der Waals surface area (Å²) in [6.07, 6.45) is 2.68. The Kier molecular flexibility index (Phi) is 3.45. The first-order valence-corrected chi connectivity index (χ1v) is 5.77. The second-order valence-electron chi connectivity index (χ2n) is 4.25. The van der Waals surface area contributed by atoms with Crippen LogP contribution in [0.5, 0.6) is 0 Å². The minimum Gasteiger partial charge on any atom is -0.480 e. The van der Waals surface area contributed by atoms with Crippen LogP contribution >= 0.6 is 0 Å². The third-order valence-corrected chi connectivity index (χ3v) is 3.06. The van der Waals surface area contributed by atoms with Crippen molar-refractivity contribution in [3.63, 3.8) is 0 Å². The number of aliphatic carboxylic acids is 1. The van der Waals surface area contributed by atoms with Gasteiger partial charge < -0.3 is 14.6 Å². The van der Waals surface area contributed by atoms with Crippen LogP contribution < -0.4 is 5.56 Å². The van der Waals surface area contributed by atoms with E-state index in [1.165, 1.54) is 21.7 Å². The molecule has 1 amide bonds. The number of amides is 1. The van der Waals surface area contributed by atoms with Gasteiger partial charge in [0.2, 0.25) is 5.91 Å². The molecule has 1 aliphatic rings. The molecule has 1 aliphatic heterocycles. The molecule has 1 saturated heterocycles. The van der Waals surface area contributed by atoms with Crippen LogP contribution in [0.25, 0.3) is 0 Å². The largest absolute Gasteiger partial charge is 0.480 e. The van der Waals surface area contributed by atoms with Crippen LogP contribution in [0.15, 0.2) is 29.2 Å². The molecule has 0 radical (unpaired) electrons. The van der Waals surface area contributed by atoms with E-state index in [4.69, 9.17) is 5.11 Å². The molecule has 1 aromatic heterocycles. The fourth-order valence-corrected chi connectivity index (χ4v) is 2.15. The van der Waals surface area contributed by atoms with Crippen molar-refractivity contribution in [1.29, 1.82) is 0 Å². The van der Waals surface area contributed by atoms with E-state index in [0.717, 1.165) is 0 Å². The zero-order valence-corrected chi connectivity index (χ0v) is 9.78. The van der Waals surface area contributed by atoms with E-state index in [1.807, 2.05) is 0 Å². The Balaban J connectivity index is 2.11. The molecule has 0 saturated carbocycles. The SMILES string of the molecule is O=C(O)[C@@H]1CCCN1C(=O)Cn1ccccc1=O. The van der Waals surface area contributed by atoms with E-state index in [2.05, 4.69) is 0 Å². The maximum atomic E-state index is 12.0. The summed E-state index contributed by atoms with van der Waals surface area (Å²) in [5.41, 5.74) is -0.267. The number of aromatic nitrogens is 1. The van der Waals surface area contributed by atoms with E-state index < -0.39 is 12.0 Å². The zero-order chi connectivity index (χ0) is 13.1. The van der Waals surface area contributed by atoms with Gasteiger partial charge in [-0.15, -0.1) is 0 Å². The molecule has 0 aliphatic carbocycles. The molecule has 1 N–H and O–H groups in total. The first-order valence-electron chi connectivity index (χ1n) is 5.77. The lowest BCUT2D eigenvalue weighted by atomic mass is 10.2. The summed E-state index contributed by atoms with van der Waals surface area (Å²) < 4.78 is 1.28. The third-order valence-electron chi connectivity index (χ3n) is 3.06. The summed E-state index contributed by atoms with van der Waals surface area (Å²) >= 11 is 0. The Hall–Kier alpha value is -2.11. The average molecular weight is 250 g/mol. The molecule has 0 spiro atoms. The molecular formula is C12H14N2O4. The quantitative estimate of drug-likeness (QED) is 0.814. The summed E-state index contributed by atoms with van der Waals surface area (Å²) in [5, 5.41) is 8.99. The average Bonchev–Trinajstić information content (AvgIpc) is 2.81. The van der Waals surface area contributed by atoms with Crippen LogP contribution in [0.2, 0.25) is 0 Å². The highest BCUT2D eigenvalue weighted by atomic mass is 16.4. The second kappa shape index (κ2) is 5.03. The highest BCUT2D eigenvalue weighted by molar-refractivity contribution is 5.84. The van der Waals surface area contributed by atoms with Crippen LogP contribution in [-0.4, -0.2) is 39.0 Å². The number of carboxylic acids is 1. The Morgan fingerprint density at radius 2 is 2.17 bits per heavy atom. The molecular weight excluding hydrogens is 236 g/mol. The van der Waals surface area contributed by atoms with Crippen molar-refractivity contribution in [1.82, 2.24) is 9.47 Å². The topological polar surface area (TPSA) is 79.6 Å². The lowest BCUT2D eigenvalue weighted by Gasteiger charge is -2.21. The van der Waals surface area contributed by atoms with E-state index >= 15 is 0 Å². The van der Waals surface area contributed by atoms with Crippen molar-refractivity contribution in [3.8, 4) is 0 Å². The van der Waals surface area contributed by atoms with Gasteiger partial charge >= 0.3 is 5.97 Å². The van der Waals surface area contributed by atoms with Gasteiger partial charge in [0.05, 0.1) is 0 Å². The van der Waals surface area contributed by atoms with Gasteiger partial charge in [0.1, 0.15) is 12.6 Å². The van der Waals surface area contributed by atoms with Gasteiger partial charge in [0.25, 0.3) is 5.56 Å². The highest BCUT2D eigenvalue weighted by Crippen LogP contribution is 2.17. The fraction of sp³-hybridized carbons (Fsp3) is 0.417. The Labute approximate surface area is 103 Å². The molecule has 1 atom stereocenters. The van der Waals surface area contributed by atoms with Crippen LogP contribution in [0.1, 0.15) is 12.8 Å². The van der Waals surface area contributed by atoms with Gasteiger partial charge in [0, 0.05) is 18.8 Å². The van der Waals surface area contributed by atoms with Crippen molar-refractivity contribution in [2.45, 2.75) is 25.4 Å². The van der Waals surface area contributed by atoms with Gasteiger partial charge in [-0.05, 0) is 18.9 Å². The Morgan fingerprint density at radius 3 is 2.83 bits per heavy atom. The summed E-state index contributed by atoms with van der Waals surface area (Å²) in [7, 11) is 0. The van der Waals surface area contributed by atoms with Crippen molar-refractivity contribution in [2.24, 2.45) is 0 Å². The van der Waals surface area contributed by atoms with Gasteiger partial charge in [-0.25, -0.2) is 4.79 Å². The number of carbonyl (C=O) groups is 2. The van der Waals surface area contributed by atoms with Crippen LogP contribution in [-0.2, 0) is 16.1 Å². The van der Waals surface area contributed by atoms with Gasteiger partial charge in [0.15, 0.2) is 0 Å². The number of likely N-dealkylation sites (tertiary alicyclic amines) is 1. The van der Waals surface area contributed by atoms with E-state index in [9.17, 15) is 14.4 Å². The predicted octanol–water partition coefficient (Wildman–Crippen LogP) is -0.0761. The zero-order valence-electron chi connectivity index (χ0n) is 9.78. The molecule has 6 heteroatoms. The van der Waals surface area contributed by atoms with Gasteiger partial charge in [-0.1, -0.05) is 6.07 Å². The van der Waals surface area contributed by atoms with Crippen LogP contribution in [0.4, 0.5) is 0 Å². The fourth-order valence-electron chi connectivity index (χ4n) is 2.15. The first kappa shape index (κ1) is 12.3. The molecule has 0 aromatic carbocycles. The predicted molar refractivity (Wildman–Crippen MR) is 63.1 cm³/mol. The molecule has 6 nitrogen and oxygen atoms in total. The Morgan fingerprint density at radius 1 is 1.39 bits per heavy atom. The van der Waals surface area contributed by atoms with Crippen molar-refractivity contribution in [3.05, 3.63) is 34.7 Å². The molecule has 1 aromatic rings. The smallest absolute Gasteiger partial charge is 0.326 e. The van der Waals surface area contributed by atoms with Gasteiger partial charge in [-0.3, -0.25) is 9.59 Å². The van der Waals surface area contributed by atoms with E-state index in [1.54, 1.807) is 12.1 Å². The molecule has 2 rings (SSSR count). The summed E-state index contributed by atoms with van der Waals surface area (Å²) in [6, 6.07) is 3.87. The monoisotopic (exact) mass is 250 g/mol. The summed E-state index contributed by atoms with van der Waals surface area (Å²) in [4.78, 5) is 35.8. The molecule has 2 heterocycles. The number of pyridine rings is 1.